The van der Waals surface area contributed by atoms with E-state index in [1.165, 1.54) is 71.7 Å². The van der Waals surface area contributed by atoms with Crippen molar-refractivity contribution >= 4 is 0 Å². The predicted molar refractivity (Wildman–Crippen MR) is 93.0 cm³/mol. The van der Waals surface area contributed by atoms with Crippen molar-refractivity contribution in [2.75, 3.05) is 65.4 Å². The summed E-state index contributed by atoms with van der Waals surface area (Å²) in [4.78, 5) is 7.88. The SMILES string of the molecule is C=C(C)NCC1CC2(C1)CN(CCN1CCN(CC)CC1)C2. The van der Waals surface area contributed by atoms with Gasteiger partial charge in [0, 0.05) is 64.6 Å². The maximum Gasteiger partial charge on any atom is 0.0172 e. The highest BCUT2D eigenvalue weighted by molar-refractivity contribution is 5.05. The maximum atomic E-state index is 3.92. The highest BCUT2D eigenvalue weighted by Gasteiger charge is 2.51. The predicted octanol–water partition coefficient (Wildman–Crippen LogP) is 1.46. The van der Waals surface area contributed by atoms with E-state index in [1.807, 2.05) is 0 Å². The Labute approximate surface area is 136 Å². The second-order valence-corrected chi connectivity index (χ2v) is 7.92. The number of piperazine rings is 1. The monoisotopic (exact) mass is 306 g/mol. The van der Waals surface area contributed by atoms with Crippen LogP contribution in [0.4, 0.5) is 0 Å². The standard InChI is InChI=1S/C18H34N4/c1-4-20-5-7-21(8-6-20)9-10-22-14-18(15-22)11-17(12-18)13-19-16(2)3/h17,19H,2,4-15H2,1,3H3. The van der Waals surface area contributed by atoms with Gasteiger partial charge >= 0.3 is 0 Å². The Hall–Kier alpha value is -0.580. The molecule has 0 amide bonds. The van der Waals surface area contributed by atoms with Crippen LogP contribution in [-0.4, -0.2) is 80.1 Å². The van der Waals surface area contributed by atoms with Gasteiger partial charge in [-0.15, -0.1) is 0 Å². The number of hydrogen-bond donors (Lipinski definition) is 1. The molecule has 3 aliphatic rings. The fourth-order valence-corrected chi connectivity index (χ4v) is 4.56. The quantitative estimate of drug-likeness (QED) is 0.769. The van der Waals surface area contributed by atoms with Gasteiger partial charge in [0.2, 0.25) is 0 Å². The van der Waals surface area contributed by atoms with Crippen LogP contribution in [0.25, 0.3) is 0 Å². The Balaban J connectivity index is 1.25. The van der Waals surface area contributed by atoms with Crippen molar-refractivity contribution < 1.29 is 0 Å². The molecule has 0 aromatic rings. The Morgan fingerprint density at radius 3 is 2.23 bits per heavy atom. The summed E-state index contributed by atoms with van der Waals surface area (Å²) in [7, 11) is 0. The van der Waals surface area contributed by atoms with Gasteiger partial charge in [-0.2, -0.15) is 0 Å². The molecule has 0 bridgehead atoms. The van der Waals surface area contributed by atoms with Gasteiger partial charge in [0.15, 0.2) is 0 Å². The third kappa shape index (κ3) is 3.84. The van der Waals surface area contributed by atoms with Crippen molar-refractivity contribution in [1.82, 2.24) is 20.0 Å². The minimum atomic E-state index is 0.697. The first kappa shape index (κ1) is 16.3. The van der Waals surface area contributed by atoms with Crippen LogP contribution in [0.2, 0.25) is 0 Å². The zero-order chi connectivity index (χ0) is 15.6. The van der Waals surface area contributed by atoms with Gasteiger partial charge in [-0.1, -0.05) is 13.5 Å². The maximum absolute atomic E-state index is 3.92. The first-order chi connectivity index (χ1) is 10.6. The second-order valence-electron chi connectivity index (χ2n) is 7.92. The van der Waals surface area contributed by atoms with Crippen LogP contribution in [-0.2, 0) is 0 Å². The van der Waals surface area contributed by atoms with Crippen LogP contribution < -0.4 is 5.32 Å². The lowest BCUT2D eigenvalue weighted by atomic mass is 9.57. The largest absolute Gasteiger partial charge is 0.389 e. The number of likely N-dealkylation sites (N-methyl/N-ethyl adjacent to an activating group) is 1. The van der Waals surface area contributed by atoms with E-state index in [0.717, 1.165) is 18.2 Å². The summed E-state index contributed by atoms with van der Waals surface area (Å²) < 4.78 is 0. The molecule has 1 spiro atoms. The third-order valence-electron chi connectivity index (χ3n) is 5.90. The first-order valence-electron chi connectivity index (χ1n) is 9.15. The number of allylic oxidation sites excluding steroid dienone is 1. The summed E-state index contributed by atoms with van der Waals surface area (Å²) in [6.07, 6.45) is 2.86. The van der Waals surface area contributed by atoms with Gasteiger partial charge in [0.05, 0.1) is 0 Å². The molecule has 0 unspecified atom stereocenters. The van der Waals surface area contributed by atoms with E-state index < -0.39 is 0 Å². The minimum Gasteiger partial charge on any atom is -0.389 e. The molecular formula is C18H34N4. The fraction of sp³-hybridized carbons (Fsp3) is 0.889. The van der Waals surface area contributed by atoms with Gasteiger partial charge in [0.1, 0.15) is 0 Å². The molecule has 3 fully saturated rings. The first-order valence-corrected chi connectivity index (χ1v) is 9.15. The molecule has 22 heavy (non-hydrogen) atoms. The molecule has 0 aromatic carbocycles. The summed E-state index contributed by atoms with van der Waals surface area (Å²) in [5, 5.41) is 3.40. The van der Waals surface area contributed by atoms with Gasteiger partial charge in [-0.05, 0) is 37.6 Å². The molecule has 0 aromatic heterocycles. The number of rotatable bonds is 7. The molecular weight excluding hydrogens is 272 g/mol. The third-order valence-corrected chi connectivity index (χ3v) is 5.90. The van der Waals surface area contributed by atoms with Gasteiger partial charge in [-0.25, -0.2) is 0 Å². The molecule has 1 aliphatic carbocycles. The molecule has 3 rings (SSSR count). The van der Waals surface area contributed by atoms with Crippen LogP contribution in [0.3, 0.4) is 0 Å². The number of hydrogen-bond acceptors (Lipinski definition) is 4. The number of likely N-dealkylation sites (tertiary alicyclic amines) is 1. The number of nitrogens with one attached hydrogen (secondary N) is 1. The van der Waals surface area contributed by atoms with Crippen LogP contribution in [0.15, 0.2) is 12.3 Å². The zero-order valence-corrected chi connectivity index (χ0v) is 14.6. The summed E-state index contributed by atoms with van der Waals surface area (Å²) in [5.74, 6) is 0.890. The van der Waals surface area contributed by atoms with E-state index in [0.29, 0.717) is 5.41 Å². The summed E-state index contributed by atoms with van der Waals surface area (Å²) in [5.41, 5.74) is 1.81. The lowest BCUT2D eigenvalue weighted by molar-refractivity contribution is -0.0951. The van der Waals surface area contributed by atoms with E-state index in [1.54, 1.807) is 0 Å². The van der Waals surface area contributed by atoms with Gasteiger partial charge in [0.25, 0.3) is 0 Å². The van der Waals surface area contributed by atoms with Crippen molar-refractivity contribution in [1.29, 1.82) is 0 Å². The second kappa shape index (κ2) is 6.90. The average molecular weight is 306 g/mol. The van der Waals surface area contributed by atoms with Crippen molar-refractivity contribution in [3.05, 3.63) is 12.3 Å². The summed E-state index contributed by atoms with van der Waals surface area (Å²) >= 11 is 0. The minimum absolute atomic E-state index is 0.697. The number of nitrogens with zero attached hydrogens (tertiary/aromatic N) is 3. The molecule has 4 heteroatoms. The Bertz CT molecular complexity index is 373. The molecule has 0 radical (unpaired) electrons. The van der Waals surface area contributed by atoms with Crippen molar-refractivity contribution in [3.63, 3.8) is 0 Å². The van der Waals surface area contributed by atoms with Crippen molar-refractivity contribution in [3.8, 4) is 0 Å². The van der Waals surface area contributed by atoms with Crippen molar-refractivity contribution in [2.45, 2.75) is 26.7 Å². The van der Waals surface area contributed by atoms with E-state index >= 15 is 0 Å². The van der Waals surface area contributed by atoms with Crippen LogP contribution in [0.1, 0.15) is 26.7 Å². The lowest BCUT2D eigenvalue weighted by Crippen LogP contribution is -2.64. The van der Waals surface area contributed by atoms with E-state index in [-0.39, 0.29) is 0 Å². The Morgan fingerprint density at radius 1 is 1.05 bits per heavy atom. The Morgan fingerprint density at radius 2 is 1.64 bits per heavy atom. The van der Waals surface area contributed by atoms with E-state index in [4.69, 9.17) is 0 Å². The van der Waals surface area contributed by atoms with E-state index in [2.05, 4.69) is 40.4 Å². The summed E-state index contributed by atoms with van der Waals surface area (Å²) in [6.45, 7) is 20.9. The molecule has 1 N–H and O–H groups in total. The molecule has 1 saturated carbocycles. The van der Waals surface area contributed by atoms with Crippen LogP contribution >= 0.6 is 0 Å². The highest BCUT2D eigenvalue weighted by atomic mass is 15.3. The molecule has 2 heterocycles. The van der Waals surface area contributed by atoms with Crippen LogP contribution in [0.5, 0.6) is 0 Å². The smallest absolute Gasteiger partial charge is 0.0172 e. The fourth-order valence-electron chi connectivity index (χ4n) is 4.56. The normalized spacial score (nSPS) is 26.6. The van der Waals surface area contributed by atoms with Crippen molar-refractivity contribution in [2.24, 2.45) is 11.3 Å². The molecule has 126 valence electrons. The molecule has 4 nitrogen and oxygen atoms in total. The average Bonchev–Trinajstić information content (AvgIpc) is 2.43. The molecule has 2 saturated heterocycles. The Kier molecular flexibility index (Phi) is 5.10. The molecule has 0 atom stereocenters. The molecule has 2 aliphatic heterocycles. The van der Waals surface area contributed by atoms with E-state index in [9.17, 15) is 0 Å². The van der Waals surface area contributed by atoms with Crippen LogP contribution in [0, 0.1) is 11.3 Å². The lowest BCUT2D eigenvalue weighted by Gasteiger charge is -2.59. The van der Waals surface area contributed by atoms with Gasteiger partial charge in [-0.3, -0.25) is 4.90 Å². The zero-order valence-electron chi connectivity index (χ0n) is 14.6. The van der Waals surface area contributed by atoms with Gasteiger partial charge < -0.3 is 15.1 Å². The summed E-state index contributed by atoms with van der Waals surface area (Å²) in [6, 6.07) is 0. The topological polar surface area (TPSA) is 21.8 Å². The highest BCUT2D eigenvalue weighted by Crippen LogP contribution is 2.51.